The fraction of sp³-hybridized carbons (Fsp3) is 0.857. The van der Waals surface area contributed by atoms with Crippen LogP contribution in [0.1, 0.15) is 157 Å². The lowest BCUT2D eigenvalue weighted by molar-refractivity contribution is -0.169. The lowest BCUT2D eigenvalue weighted by Crippen LogP contribution is -2.36. The Morgan fingerprint density at radius 2 is 0.491 bits per heavy atom. The van der Waals surface area contributed by atoms with E-state index in [-0.39, 0.29) is 91.4 Å². The molecule has 0 amide bonds. The molecule has 4 atom stereocenters. The van der Waals surface area contributed by atoms with E-state index in [0.717, 1.165) is 38.5 Å². The highest BCUT2D eigenvalue weighted by Gasteiger charge is 2.24. The third-order valence-corrected chi connectivity index (χ3v) is 8.28. The standard InChI is InChI=1S/C42H74O15/c1-7-13-19-37(43)52-31-35(56-41(47)23-17-11-5)29-50-27-33(54-39(45)21-15-9-3)25-49-26-34(55-40(46)22-16-10-4)28-51-30-36(57-42(48)24-18-12-6)32-53-38(44)20-14-8-2/h33-36H,7-32H2,1-6H3. The minimum atomic E-state index is -0.871. The summed E-state index contributed by atoms with van der Waals surface area (Å²) >= 11 is 0. The lowest BCUT2D eigenvalue weighted by atomic mass is 10.2. The lowest BCUT2D eigenvalue weighted by Gasteiger charge is -2.23. The van der Waals surface area contributed by atoms with Crippen LogP contribution in [0.3, 0.4) is 0 Å². The predicted octanol–water partition coefficient (Wildman–Crippen LogP) is 6.91. The molecular weight excluding hydrogens is 744 g/mol. The van der Waals surface area contributed by atoms with Gasteiger partial charge in [-0.3, -0.25) is 28.8 Å². The number of hydrogen-bond acceptors (Lipinski definition) is 15. The van der Waals surface area contributed by atoms with Gasteiger partial charge in [-0.2, -0.15) is 0 Å². The largest absolute Gasteiger partial charge is 0.462 e. The number of carbonyl (C=O) groups is 6. The predicted molar refractivity (Wildman–Crippen MR) is 211 cm³/mol. The van der Waals surface area contributed by atoms with Crippen molar-refractivity contribution in [2.45, 2.75) is 182 Å². The first-order valence-electron chi connectivity index (χ1n) is 21.3. The summed E-state index contributed by atoms with van der Waals surface area (Å²) in [6, 6.07) is 0. The van der Waals surface area contributed by atoms with Crippen LogP contribution in [0.2, 0.25) is 0 Å². The Hall–Kier alpha value is -3.30. The van der Waals surface area contributed by atoms with E-state index in [4.69, 9.17) is 42.6 Å². The molecule has 15 nitrogen and oxygen atoms in total. The Bertz CT molecular complexity index is 1000. The molecular formula is C42H74O15. The van der Waals surface area contributed by atoms with E-state index in [0.29, 0.717) is 38.5 Å². The minimum Gasteiger partial charge on any atom is -0.462 e. The quantitative estimate of drug-likeness (QED) is 0.0462. The van der Waals surface area contributed by atoms with Crippen molar-refractivity contribution >= 4 is 35.8 Å². The highest BCUT2D eigenvalue weighted by atomic mass is 16.6. The first-order chi connectivity index (χ1) is 27.5. The van der Waals surface area contributed by atoms with Gasteiger partial charge in [0.2, 0.25) is 0 Å². The molecule has 0 radical (unpaired) electrons. The number of unbranched alkanes of at least 4 members (excludes halogenated alkanes) is 6. The zero-order valence-electron chi connectivity index (χ0n) is 35.8. The van der Waals surface area contributed by atoms with Crippen LogP contribution in [0.4, 0.5) is 0 Å². The van der Waals surface area contributed by atoms with Gasteiger partial charge >= 0.3 is 35.8 Å². The van der Waals surface area contributed by atoms with E-state index < -0.39 is 60.2 Å². The van der Waals surface area contributed by atoms with Gasteiger partial charge in [0.25, 0.3) is 0 Å². The first kappa shape index (κ1) is 53.7. The molecule has 0 fully saturated rings. The van der Waals surface area contributed by atoms with Crippen LogP contribution >= 0.6 is 0 Å². The Labute approximate surface area is 341 Å². The summed E-state index contributed by atoms with van der Waals surface area (Å²) in [6.45, 7) is 10.7. The molecule has 0 aliphatic carbocycles. The van der Waals surface area contributed by atoms with E-state index in [1.54, 1.807) is 0 Å². The monoisotopic (exact) mass is 819 g/mol. The average molecular weight is 819 g/mol. The van der Waals surface area contributed by atoms with Gasteiger partial charge in [-0.15, -0.1) is 0 Å². The zero-order valence-corrected chi connectivity index (χ0v) is 35.8. The molecule has 4 unspecified atom stereocenters. The van der Waals surface area contributed by atoms with Gasteiger partial charge in [0.15, 0.2) is 12.2 Å². The van der Waals surface area contributed by atoms with Crippen molar-refractivity contribution in [3.8, 4) is 0 Å². The van der Waals surface area contributed by atoms with Crippen molar-refractivity contribution in [3.63, 3.8) is 0 Å². The second-order valence-electron chi connectivity index (χ2n) is 14.0. The maximum atomic E-state index is 12.6. The van der Waals surface area contributed by atoms with E-state index in [1.165, 1.54) is 0 Å². The van der Waals surface area contributed by atoms with Gasteiger partial charge in [0.05, 0.1) is 39.6 Å². The van der Waals surface area contributed by atoms with Gasteiger partial charge in [0, 0.05) is 38.5 Å². The van der Waals surface area contributed by atoms with Crippen molar-refractivity contribution in [3.05, 3.63) is 0 Å². The topological polar surface area (TPSA) is 185 Å². The molecule has 0 bridgehead atoms. The van der Waals surface area contributed by atoms with Crippen molar-refractivity contribution < 1.29 is 71.4 Å². The fourth-order valence-corrected chi connectivity index (χ4v) is 4.88. The molecule has 0 aromatic heterocycles. The molecule has 0 aromatic rings. The van der Waals surface area contributed by atoms with E-state index in [1.807, 2.05) is 41.5 Å². The SMILES string of the molecule is CCCCC(=O)OCC(COCC(COCC(COCC(COC(=O)CCCC)OC(=O)CCCC)OC(=O)CCCC)OC(=O)CCCC)OC(=O)CCCC. The summed E-state index contributed by atoms with van der Waals surface area (Å²) in [5.74, 6) is -2.55. The molecule has 15 heteroatoms. The van der Waals surface area contributed by atoms with Crippen molar-refractivity contribution in [2.24, 2.45) is 0 Å². The second kappa shape index (κ2) is 37.0. The zero-order chi connectivity index (χ0) is 42.5. The molecule has 57 heavy (non-hydrogen) atoms. The summed E-state index contributed by atoms with van der Waals surface area (Å²) in [7, 11) is 0. The molecule has 0 spiro atoms. The van der Waals surface area contributed by atoms with Crippen LogP contribution in [-0.4, -0.2) is 113 Å². The summed E-state index contributed by atoms with van der Waals surface area (Å²) < 4.78 is 50.7. The molecule has 332 valence electrons. The van der Waals surface area contributed by atoms with Crippen LogP contribution in [-0.2, 0) is 71.4 Å². The number of rotatable bonds is 38. The Morgan fingerprint density at radius 3 is 0.702 bits per heavy atom. The molecule has 0 aromatic carbocycles. The smallest absolute Gasteiger partial charge is 0.306 e. The average Bonchev–Trinajstić information content (AvgIpc) is 3.19. The van der Waals surface area contributed by atoms with Crippen LogP contribution < -0.4 is 0 Å². The third-order valence-electron chi connectivity index (χ3n) is 8.28. The molecule has 0 heterocycles. The summed E-state index contributed by atoms with van der Waals surface area (Å²) in [5, 5.41) is 0. The Kier molecular flexibility index (Phi) is 34.9. The number of esters is 6. The number of ether oxygens (including phenoxy) is 9. The molecule has 0 saturated carbocycles. The maximum Gasteiger partial charge on any atom is 0.306 e. The Balaban J connectivity index is 5.66. The van der Waals surface area contributed by atoms with Crippen molar-refractivity contribution in [2.75, 3.05) is 52.9 Å². The van der Waals surface area contributed by atoms with Gasteiger partial charge in [-0.05, 0) is 38.5 Å². The van der Waals surface area contributed by atoms with Gasteiger partial charge in [-0.25, -0.2) is 0 Å². The van der Waals surface area contributed by atoms with E-state index >= 15 is 0 Å². The summed E-state index contributed by atoms with van der Waals surface area (Å²) in [6.07, 6.45) is 6.64. The first-order valence-corrected chi connectivity index (χ1v) is 21.3. The molecule has 0 aliphatic heterocycles. The maximum absolute atomic E-state index is 12.6. The highest BCUT2D eigenvalue weighted by molar-refractivity contribution is 5.71. The second-order valence-corrected chi connectivity index (χ2v) is 14.0. The molecule has 0 rings (SSSR count). The van der Waals surface area contributed by atoms with Gasteiger partial charge in [-0.1, -0.05) is 80.1 Å². The third kappa shape index (κ3) is 32.4. The van der Waals surface area contributed by atoms with Crippen LogP contribution in [0, 0.1) is 0 Å². The normalized spacial score (nSPS) is 13.2. The molecule has 0 N–H and O–H groups in total. The van der Waals surface area contributed by atoms with Gasteiger partial charge in [0.1, 0.15) is 25.4 Å². The molecule has 0 aliphatic rings. The number of carbonyl (C=O) groups excluding carboxylic acids is 6. The van der Waals surface area contributed by atoms with E-state index in [2.05, 4.69) is 0 Å². The van der Waals surface area contributed by atoms with Crippen LogP contribution in [0.5, 0.6) is 0 Å². The van der Waals surface area contributed by atoms with Crippen LogP contribution in [0.15, 0.2) is 0 Å². The fourth-order valence-electron chi connectivity index (χ4n) is 4.88. The van der Waals surface area contributed by atoms with Gasteiger partial charge < -0.3 is 42.6 Å². The summed E-state index contributed by atoms with van der Waals surface area (Å²) in [5.41, 5.74) is 0. The highest BCUT2D eigenvalue weighted by Crippen LogP contribution is 2.10. The van der Waals surface area contributed by atoms with Crippen LogP contribution in [0.25, 0.3) is 0 Å². The van der Waals surface area contributed by atoms with Crippen molar-refractivity contribution in [1.82, 2.24) is 0 Å². The Morgan fingerprint density at radius 1 is 0.298 bits per heavy atom. The minimum absolute atomic E-state index is 0.120. The van der Waals surface area contributed by atoms with E-state index in [9.17, 15) is 28.8 Å². The van der Waals surface area contributed by atoms with Crippen molar-refractivity contribution in [1.29, 1.82) is 0 Å². The number of hydrogen-bond donors (Lipinski definition) is 0. The summed E-state index contributed by atoms with van der Waals surface area (Å²) in [4.78, 5) is 74.4. The molecule has 0 saturated heterocycles.